The highest BCUT2D eigenvalue weighted by Crippen LogP contribution is 2.33. The standard InChI is InChI=1S/C15H16BrN3/c1-10(2)8-19-9-18-15(16)14(19)12-7-17-13-6-4-3-5-11(12)13/h3-7,9-10,17H,8H2,1-2H3. The van der Waals surface area contributed by atoms with Gasteiger partial charge < -0.3 is 9.55 Å². The van der Waals surface area contributed by atoms with Crippen LogP contribution in [0.4, 0.5) is 0 Å². The number of aromatic nitrogens is 3. The lowest BCUT2D eigenvalue weighted by atomic mass is 10.1. The summed E-state index contributed by atoms with van der Waals surface area (Å²) in [6.45, 7) is 5.40. The first-order valence-corrected chi connectivity index (χ1v) is 7.23. The first kappa shape index (κ1) is 12.5. The summed E-state index contributed by atoms with van der Waals surface area (Å²) in [6, 6.07) is 8.34. The van der Waals surface area contributed by atoms with Gasteiger partial charge in [0.15, 0.2) is 0 Å². The molecule has 0 radical (unpaired) electrons. The maximum absolute atomic E-state index is 4.40. The van der Waals surface area contributed by atoms with Crippen molar-refractivity contribution in [2.24, 2.45) is 5.92 Å². The van der Waals surface area contributed by atoms with Gasteiger partial charge in [0.25, 0.3) is 0 Å². The Morgan fingerprint density at radius 1 is 1.32 bits per heavy atom. The highest BCUT2D eigenvalue weighted by atomic mass is 79.9. The number of H-pyrrole nitrogens is 1. The van der Waals surface area contributed by atoms with Gasteiger partial charge in [-0.1, -0.05) is 32.0 Å². The summed E-state index contributed by atoms with van der Waals surface area (Å²) in [4.78, 5) is 7.72. The molecule has 0 spiro atoms. The minimum atomic E-state index is 0.588. The lowest BCUT2D eigenvalue weighted by molar-refractivity contribution is 0.526. The van der Waals surface area contributed by atoms with E-state index in [9.17, 15) is 0 Å². The zero-order valence-corrected chi connectivity index (χ0v) is 12.6. The normalized spacial score (nSPS) is 11.6. The second-order valence-corrected chi connectivity index (χ2v) is 5.93. The largest absolute Gasteiger partial charge is 0.360 e. The van der Waals surface area contributed by atoms with Crippen molar-refractivity contribution < 1.29 is 0 Å². The van der Waals surface area contributed by atoms with Gasteiger partial charge in [-0.15, -0.1) is 0 Å². The van der Waals surface area contributed by atoms with Gasteiger partial charge in [-0.2, -0.15) is 0 Å². The van der Waals surface area contributed by atoms with Gasteiger partial charge in [-0.05, 0) is 27.9 Å². The highest BCUT2D eigenvalue weighted by Gasteiger charge is 2.15. The van der Waals surface area contributed by atoms with Gasteiger partial charge in [-0.3, -0.25) is 0 Å². The van der Waals surface area contributed by atoms with Crippen LogP contribution in [0.1, 0.15) is 13.8 Å². The average molecular weight is 318 g/mol. The van der Waals surface area contributed by atoms with Gasteiger partial charge in [0.2, 0.25) is 0 Å². The van der Waals surface area contributed by atoms with Gasteiger partial charge in [-0.25, -0.2) is 4.98 Å². The first-order chi connectivity index (χ1) is 9.16. The monoisotopic (exact) mass is 317 g/mol. The Bertz CT molecular complexity index is 709. The van der Waals surface area contributed by atoms with E-state index in [1.54, 1.807) is 0 Å². The molecule has 3 aromatic rings. The molecule has 0 atom stereocenters. The van der Waals surface area contributed by atoms with Crippen LogP contribution in [-0.4, -0.2) is 14.5 Å². The summed E-state index contributed by atoms with van der Waals surface area (Å²) in [5, 5.41) is 1.23. The molecular formula is C15H16BrN3. The Labute approximate surface area is 120 Å². The maximum atomic E-state index is 4.40. The number of rotatable bonds is 3. The van der Waals surface area contributed by atoms with E-state index in [4.69, 9.17) is 0 Å². The van der Waals surface area contributed by atoms with Crippen LogP contribution >= 0.6 is 15.9 Å². The molecule has 2 heterocycles. The molecule has 4 heteroatoms. The second kappa shape index (κ2) is 4.85. The summed E-state index contributed by atoms with van der Waals surface area (Å²) < 4.78 is 3.11. The zero-order valence-electron chi connectivity index (χ0n) is 11.0. The third-order valence-corrected chi connectivity index (χ3v) is 3.78. The average Bonchev–Trinajstić information content (AvgIpc) is 2.93. The molecule has 3 rings (SSSR count). The van der Waals surface area contributed by atoms with E-state index >= 15 is 0 Å². The SMILES string of the molecule is CC(C)Cn1cnc(Br)c1-c1c[nH]c2ccccc12. The Morgan fingerprint density at radius 2 is 2.11 bits per heavy atom. The fraction of sp³-hybridized carbons (Fsp3) is 0.267. The number of nitrogens with one attached hydrogen (secondary N) is 1. The second-order valence-electron chi connectivity index (χ2n) is 5.18. The number of nitrogens with zero attached hydrogens (tertiary/aromatic N) is 2. The van der Waals surface area contributed by atoms with Crippen LogP contribution in [-0.2, 0) is 6.54 Å². The molecule has 0 aliphatic rings. The predicted octanol–water partition coefficient (Wildman–Crippen LogP) is 4.45. The van der Waals surface area contributed by atoms with E-state index in [-0.39, 0.29) is 0 Å². The van der Waals surface area contributed by atoms with Crippen LogP contribution in [0.15, 0.2) is 41.4 Å². The Balaban J connectivity index is 2.18. The molecule has 0 fully saturated rings. The van der Waals surface area contributed by atoms with Crippen LogP contribution in [0, 0.1) is 5.92 Å². The van der Waals surface area contributed by atoms with Crippen LogP contribution in [0.5, 0.6) is 0 Å². The van der Waals surface area contributed by atoms with Crippen molar-refractivity contribution in [3.05, 3.63) is 41.4 Å². The van der Waals surface area contributed by atoms with Crippen LogP contribution in [0.3, 0.4) is 0 Å². The molecule has 3 nitrogen and oxygen atoms in total. The quantitative estimate of drug-likeness (QED) is 0.760. The summed E-state index contributed by atoms with van der Waals surface area (Å²) in [7, 11) is 0. The number of hydrogen-bond donors (Lipinski definition) is 1. The lowest BCUT2D eigenvalue weighted by Gasteiger charge is -2.10. The first-order valence-electron chi connectivity index (χ1n) is 6.44. The minimum Gasteiger partial charge on any atom is -0.360 e. The lowest BCUT2D eigenvalue weighted by Crippen LogP contribution is -2.04. The van der Waals surface area contributed by atoms with E-state index in [1.165, 1.54) is 10.9 Å². The highest BCUT2D eigenvalue weighted by molar-refractivity contribution is 9.10. The van der Waals surface area contributed by atoms with E-state index in [0.29, 0.717) is 5.92 Å². The van der Waals surface area contributed by atoms with Crippen LogP contribution < -0.4 is 0 Å². The van der Waals surface area contributed by atoms with Gasteiger partial charge in [0.1, 0.15) is 4.60 Å². The van der Waals surface area contributed by atoms with Crippen molar-refractivity contribution in [1.29, 1.82) is 0 Å². The number of halogens is 1. The number of benzene rings is 1. The van der Waals surface area contributed by atoms with Crippen LogP contribution in [0.25, 0.3) is 22.2 Å². The third kappa shape index (κ3) is 2.21. The van der Waals surface area contributed by atoms with Crippen molar-refractivity contribution in [2.45, 2.75) is 20.4 Å². The Hall–Kier alpha value is -1.55. The fourth-order valence-corrected chi connectivity index (χ4v) is 2.96. The summed E-state index contributed by atoms with van der Waals surface area (Å²) in [5.74, 6) is 0.588. The molecule has 0 saturated heterocycles. The van der Waals surface area contributed by atoms with Crippen molar-refractivity contribution >= 4 is 26.8 Å². The van der Waals surface area contributed by atoms with Gasteiger partial charge in [0.05, 0.1) is 12.0 Å². The summed E-state index contributed by atoms with van der Waals surface area (Å²) in [6.07, 6.45) is 3.96. The number of para-hydroxylation sites is 1. The fourth-order valence-electron chi connectivity index (χ4n) is 2.42. The molecule has 0 unspecified atom stereocenters. The number of imidazole rings is 1. The van der Waals surface area contributed by atoms with Crippen molar-refractivity contribution in [3.8, 4) is 11.3 Å². The van der Waals surface area contributed by atoms with Crippen LogP contribution in [0.2, 0.25) is 0 Å². The molecular weight excluding hydrogens is 302 g/mol. The Kier molecular flexibility index (Phi) is 3.19. The van der Waals surface area contributed by atoms with E-state index < -0.39 is 0 Å². The molecule has 19 heavy (non-hydrogen) atoms. The van der Waals surface area contributed by atoms with Gasteiger partial charge in [0, 0.05) is 29.2 Å². The maximum Gasteiger partial charge on any atom is 0.132 e. The van der Waals surface area contributed by atoms with Gasteiger partial charge >= 0.3 is 0 Å². The predicted molar refractivity (Wildman–Crippen MR) is 82.1 cm³/mol. The topological polar surface area (TPSA) is 33.6 Å². The molecule has 0 aliphatic carbocycles. The minimum absolute atomic E-state index is 0.588. The molecule has 1 aromatic carbocycles. The third-order valence-electron chi connectivity index (χ3n) is 3.20. The molecule has 0 amide bonds. The van der Waals surface area contributed by atoms with E-state index in [1.807, 2.05) is 12.4 Å². The molecule has 98 valence electrons. The summed E-state index contributed by atoms with van der Waals surface area (Å²) in [5.41, 5.74) is 3.49. The molecule has 2 aromatic heterocycles. The number of fused-ring (bicyclic) bond motifs is 1. The Morgan fingerprint density at radius 3 is 2.89 bits per heavy atom. The summed E-state index contributed by atoms with van der Waals surface area (Å²) >= 11 is 3.57. The van der Waals surface area contributed by atoms with Crippen molar-refractivity contribution in [3.63, 3.8) is 0 Å². The number of hydrogen-bond acceptors (Lipinski definition) is 1. The zero-order chi connectivity index (χ0) is 13.4. The van der Waals surface area contributed by atoms with E-state index in [0.717, 1.165) is 22.4 Å². The van der Waals surface area contributed by atoms with E-state index in [2.05, 4.69) is 68.7 Å². The molecule has 0 saturated carbocycles. The number of aromatic amines is 1. The molecule has 1 N–H and O–H groups in total. The van der Waals surface area contributed by atoms with Crippen molar-refractivity contribution in [1.82, 2.24) is 14.5 Å². The van der Waals surface area contributed by atoms with Crippen molar-refractivity contribution in [2.75, 3.05) is 0 Å². The molecule has 0 bridgehead atoms. The molecule has 0 aliphatic heterocycles. The smallest absolute Gasteiger partial charge is 0.132 e.